The lowest BCUT2D eigenvalue weighted by molar-refractivity contribution is -0.245. The standard InChI is InChI=1S/C25H29N5O6S/c31-13-16-7-9-17(10-8-16)21-12-20(14-37-25-26-15-27-29-25)35-24(36-21)18-3-1-4-19(11-18)28-22(32)5-2-6-23(33)30-34/h1,3-4,7-11,15,20-21,24,31,34H,2,5-6,12-14H2,(H,28,32)(H,30,33)(H,26,27,29). The van der Waals surface area contributed by atoms with Gasteiger partial charge in [-0.2, -0.15) is 5.10 Å². The Hall–Kier alpha value is -3.29. The van der Waals surface area contributed by atoms with Crippen LogP contribution in [0.15, 0.2) is 60.0 Å². The lowest BCUT2D eigenvalue weighted by Crippen LogP contribution is -2.31. The maximum atomic E-state index is 12.3. The molecule has 2 heterocycles. The van der Waals surface area contributed by atoms with Gasteiger partial charge in [0.25, 0.3) is 0 Å². The minimum atomic E-state index is -0.665. The second-order valence-electron chi connectivity index (χ2n) is 8.51. The van der Waals surface area contributed by atoms with E-state index < -0.39 is 12.2 Å². The minimum Gasteiger partial charge on any atom is -0.392 e. The number of hydrogen-bond donors (Lipinski definition) is 5. The lowest BCUT2D eigenvalue weighted by Gasteiger charge is -2.36. The molecule has 3 atom stereocenters. The number of hydroxylamine groups is 1. The number of H-pyrrole nitrogens is 1. The second kappa shape index (κ2) is 13.3. The monoisotopic (exact) mass is 527 g/mol. The molecule has 1 aliphatic heterocycles. The Balaban J connectivity index is 1.45. The Morgan fingerprint density at radius 1 is 1.08 bits per heavy atom. The van der Waals surface area contributed by atoms with Crippen LogP contribution in [0, 0.1) is 0 Å². The molecule has 12 heteroatoms. The van der Waals surface area contributed by atoms with E-state index in [2.05, 4.69) is 20.5 Å². The molecule has 3 unspecified atom stereocenters. The van der Waals surface area contributed by atoms with Crippen LogP contribution < -0.4 is 10.8 Å². The summed E-state index contributed by atoms with van der Waals surface area (Å²) in [6, 6.07) is 14.9. The fourth-order valence-electron chi connectivity index (χ4n) is 3.91. The van der Waals surface area contributed by atoms with Gasteiger partial charge in [-0.3, -0.25) is 19.9 Å². The van der Waals surface area contributed by atoms with Gasteiger partial charge in [-0.25, -0.2) is 10.5 Å². The van der Waals surface area contributed by atoms with Crippen molar-refractivity contribution in [3.8, 4) is 0 Å². The average Bonchev–Trinajstić information content (AvgIpc) is 3.45. The quantitative estimate of drug-likeness (QED) is 0.143. The molecule has 2 aromatic carbocycles. The molecule has 196 valence electrons. The van der Waals surface area contributed by atoms with E-state index in [4.69, 9.17) is 14.7 Å². The number of nitrogens with zero attached hydrogens (tertiary/aromatic N) is 2. The Kier molecular flexibility index (Phi) is 9.63. The summed E-state index contributed by atoms with van der Waals surface area (Å²) in [4.78, 5) is 27.6. The van der Waals surface area contributed by atoms with E-state index in [1.165, 1.54) is 18.1 Å². The van der Waals surface area contributed by atoms with E-state index >= 15 is 0 Å². The van der Waals surface area contributed by atoms with Crippen LogP contribution in [0.4, 0.5) is 5.69 Å². The molecule has 3 aromatic rings. The summed E-state index contributed by atoms with van der Waals surface area (Å²) in [6.45, 7) is -0.0267. The van der Waals surface area contributed by atoms with Crippen molar-refractivity contribution in [2.75, 3.05) is 11.1 Å². The molecule has 4 rings (SSSR count). The zero-order valence-corrected chi connectivity index (χ0v) is 20.8. The molecule has 1 saturated heterocycles. The summed E-state index contributed by atoms with van der Waals surface area (Å²) in [5, 5.41) is 28.2. The van der Waals surface area contributed by atoms with Crippen molar-refractivity contribution in [1.82, 2.24) is 20.7 Å². The maximum absolute atomic E-state index is 12.3. The number of amides is 2. The first-order chi connectivity index (χ1) is 18.0. The zero-order valence-electron chi connectivity index (χ0n) is 20.0. The summed E-state index contributed by atoms with van der Waals surface area (Å²) in [5.41, 5.74) is 4.70. The molecule has 2 amide bonds. The van der Waals surface area contributed by atoms with Crippen molar-refractivity contribution in [3.05, 3.63) is 71.5 Å². The second-order valence-corrected chi connectivity index (χ2v) is 9.52. The third-order valence-corrected chi connectivity index (χ3v) is 6.80. The van der Waals surface area contributed by atoms with Crippen molar-refractivity contribution < 1.29 is 29.4 Å². The first-order valence-corrected chi connectivity index (χ1v) is 12.8. The van der Waals surface area contributed by atoms with E-state index in [1.54, 1.807) is 17.6 Å². The van der Waals surface area contributed by atoms with Crippen LogP contribution in [0.3, 0.4) is 0 Å². The maximum Gasteiger partial charge on any atom is 0.243 e. The third kappa shape index (κ3) is 7.84. The van der Waals surface area contributed by atoms with Gasteiger partial charge in [0.05, 0.1) is 18.8 Å². The molecular formula is C25H29N5O6S. The molecule has 0 radical (unpaired) electrons. The third-order valence-electron chi connectivity index (χ3n) is 5.79. The van der Waals surface area contributed by atoms with Gasteiger partial charge >= 0.3 is 0 Å². The molecule has 0 saturated carbocycles. The molecule has 1 fully saturated rings. The largest absolute Gasteiger partial charge is 0.392 e. The first kappa shape index (κ1) is 26.8. The Labute approximate surface area is 217 Å². The van der Waals surface area contributed by atoms with Crippen molar-refractivity contribution in [2.24, 2.45) is 0 Å². The van der Waals surface area contributed by atoms with Crippen LogP contribution in [0.25, 0.3) is 0 Å². The molecule has 5 N–H and O–H groups in total. The lowest BCUT2D eigenvalue weighted by atomic mass is 10.0. The van der Waals surface area contributed by atoms with Gasteiger partial charge in [0.2, 0.25) is 11.8 Å². The molecular weight excluding hydrogens is 498 g/mol. The van der Waals surface area contributed by atoms with Gasteiger partial charge in [0, 0.05) is 36.3 Å². The molecule has 0 spiro atoms. The number of aliphatic hydroxyl groups is 1. The van der Waals surface area contributed by atoms with Crippen LogP contribution in [-0.2, 0) is 25.7 Å². The Bertz CT molecular complexity index is 1160. The molecule has 11 nitrogen and oxygen atoms in total. The Morgan fingerprint density at radius 2 is 1.89 bits per heavy atom. The number of aliphatic hydroxyl groups excluding tert-OH is 1. The first-order valence-electron chi connectivity index (χ1n) is 11.9. The predicted molar refractivity (Wildman–Crippen MR) is 134 cm³/mol. The van der Waals surface area contributed by atoms with Gasteiger partial charge in [-0.05, 0) is 29.7 Å². The highest BCUT2D eigenvalue weighted by Crippen LogP contribution is 2.39. The van der Waals surface area contributed by atoms with E-state index in [9.17, 15) is 14.7 Å². The normalized spacial score (nSPS) is 19.4. The summed E-state index contributed by atoms with van der Waals surface area (Å²) in [5.74, 6) is -0.132. The number of carbonyl (C=O) groups is 2. The van der Waals surface area contributed by atoms with Crippen LogP contribution in [-0.4, -0.2) is 49.2 Å². The fraction of sp³-hybridized carbons (Fsp3) is 0.360. The van der Waals surface area contributed by atoms with E-state index in [-0.39, 0.29) is 37.6 Å². The van der Waals surface area contributed by atoms with Crippen LogP contribution in [0.2, 0.25) is 0 Å². The summed E-state index contributed by atoms with van der Waals surface area (Å²) < 4.78 is 12.7. The number of aromatic nitrogens is 3. The number of benzene rings is 2. The van der Waals surface area contributed by atoms with E-state index in [0.29, 0.717) is 29.4 Å². The molecule has 0 bridgehead atoms. The summed E-state index contributed by atoms with van der Waals surface area (Å²) in [7, 11) is 0. The van der Waals surface area contributed by atoms with Gasteiger partial charge in [0.1, 0.15) is 6.33 Å². The van der Waals surface area contributed by atoms with Crippen LogP contribution in [0.1, 0.15) is 54.8 Å². The smallest absolute Gasteiger partial charge is 0.243 e. The molecule has 1 aliphatic rings. The predicted octanol–water partition coefficient (Wildman–Crippen LogP) is 3.25. The number of thioether (sulfide) groups is 1. The van der Waals surface area contributed by atoms with Gasteiger partial charge in [-0.15, -0.1) is 0 Å². The number of hydrogen-bond acceptors (Lipinski definition) is 9. The Morgan fingerprint density at radius 3 is 2.62 bits per heavy atom. The van der Waals surface area contributed by atoms with Crippen molar-refractivity contribution >= 4 is 29.3 Å². The van der Waals surface area contributed by atoms with E-state index in [0.717, 1.165) is 16.7 Å². The number of rotatable bonds is 11. The van der Waals surface area contributed by atoms with Crippen LogP contribution in [0.5, 0.6) is 0 Å². The number of ether oxygens (including phenoxy) is 2. The number of anilines is 1. The topological polar surface area (TPSA) is 159 Å². The number of carbonyl (C=O) groups excluding carboxylic acids is 2. The summed E-state index contributed by atoms with van der Waals surface area (Å²) >= 11 is 1.51. The van der Waals surface area contributed by atoms with Crippen LogP contribution >= 0.6 is 11.8 Å². The van der Waals surface area contributed by atoms with E-state index in [1.807, 2.05) is 36.4 Å². The van der Waals surface area contributed by atoms with Crippen molar-refractivity contribution in [2.45, 2.75) is 55.9 Å². The number of nitrogens with one attached hydrogen (secondary N) is 3. The summed E-state index contributed by atoms with van der Waals surface area (Å²) in [6.07, 6.45) is 1.56. The van der Waals surface area contributed by atoms with Gasteiger partial charge in [-0.1, -0.05) is 48.2 Å². The fourth-order valence-corrected chi connectivity index (χ4v) is 4.71. The highest BCUT2D eigenvalue weighted by molar-refractivity contribution is 7.99. The molecule has 1 aromatic heterocycles. The SMILES string of the molecule is O=C(CCCC(=O)Nc1cccc(C2OC(CSc3ncn[nH]3)CC(c3ccc(CO)cc3)O2)c1)NO. The highest BCUT2D eigenvalue weighted by Gasteiger charge is 2.32. The van der Waals surface area contributed by atoms with Gasteiger partial charge in [0.15, 0.2) is 11.4 Å². The molecule has 0 aliphatic carbocycles. The molecule has 37 heavy (non-hydrogen) atoms. The average molecular weight is 528 g/mol. The number of aromatic amines is 1. The highest BCUT2D eigenvalue weighted by atomic mass is 32.2. The van der Waals surface area contributed by atoms with Gasteiger partial charge < -0.3 is 19.9 Å². The minimum absolute atomic E-state index is 0.0267. The zero-order chi connectivity index (χ0) is 26.0. The van der Waals surface area contributed by atoms with Crippen molar-refractivity contribution in [3.63, 3.8) is 0 Å². The van der Waals surface area contributed by atoms with Crippen molar-refractivity contribution in [1.29, 1.82) is 0 Å².